The second kappa shape index (κ2) is 6.59. The molecular formula is C15H21FN2O2. The number of rotatable bonds is 3. The second-order valence-corrected chi connectivity index (χ2v) is 5.41. The molecule has 1 aliphatic carbocycles. The van der Waals surface area contributed by atoms with Gasteiger partial charge in [0.25, 0.3) is 0 Å². The van der Waals surface area contributed by atoms with Crippen LogP contribution in [0.2, 0.25) is 0 Å². The van der Waals surface area contributed by atoms with E-state index >= 15 is 0 Å². The van der Waals surface area contributed by atoms with E-state index in [9.17, 15) is 9.18 Å². The molecule has 1 saturated carbocycles. The van der Waals surface area contributed by atoms with Crippen LogP contribution in [-0.4, -0.2) is 17.1 Å². The molecule has 1 aromatic carbocycles. The summed E-state index contributed by atoms with van der Waals surface area (Å²) in [4.78, 5) is 11.0. The minimum Gasteiger partial charge on any atom is -0.478 e. The smallest absolute Gasteiger partial charge is 0.337 e. The number of carboxylic acid groups (broad SMARTS) is 1. The van der Waals surface area contributed by atoms with Gasteiger partial charge in [0.2, 0.25) is 0 Å². The molecule has 0 heterocycles. The number of carboxylic acids is 1. The van der Waals surface area contributed by atoms with Gasteiger partial charge in [-0.15, -0.1) is 0 Å². The van der Waals surface area contributed by atoms with Crippen LogP contribution in [0.4, 0.5) is 15.8 Å². The lowest BCUT2D eigenvalue weighted by Crippen LogP contribution is -2.21. The molecule has 4 N–H and O–H groups in total. The fourth-order valence-electron chi connectivity index (χ4n) is 2.70. The van der Waals surface area contributed by atoms with Crippen LogP contribution in [0.25, 0.3) is 0 Å². The van der Waals surface area contributed by atoms with E-state index in [0.717, 1.165) is 31.7 Å². The van der Waals surface area contributed by atoms with Crippen molar-refractivity contribution in [2.75, 3.05) is 11.1 Å². The van der Waals surface area contributed by atoms with Gasteiger partial charge in [0.05, 0.1) is 11.3 Å². The van der Waals surface area contributed by atoms with Gasteiger partial charge in [-0.25, -0.2) is 9.18 Å². The number of aromatic carboxylic acids is 1. The van der Waals surface area contributed by atoms with E-state index in [1.165, 1.54) is 25.3 Å². The van der Waals surface area contributed by atoms with E-state index in [4.69, 9.17) is 10.8 Å². The number of hydrogen-bond acceptors (Lipinski definition) is 3. The summed E-state index contributed by atoms with van der Waals surface area (Å²) in [5.74, 6) is -1.63. The van der Waals surface area contributed by atoms with Gasteiger partial charge in [-0.05, 0) is 25.0 Å². The Labute approximate surface area is 118 Å². The van der Waals surface area contributed by atoms with Crippen molar-refractivity contribution >= 4 is 17.3 Å². The van der Waals surface area contributed by atoms with Crippen LogP contribution >= 0.6 is 0 Å². The summed E-state index contributed by atoms with van der Waals surface area (Å²) < 4.78 is 13.9. The fourth-order valence-corrected chi connectivity index (χ4v) is 2.70. The Hall–Kier alpha value is -1.78. The molecule has 20 heavy (non-hydrogen) atoms. The Balaban J connectivity index is 2.14. The highest BCUT2D eigenvalue weighted by Gasteiger charge is 2.17. The summed E-state index contributed by atoms with van der Waals surface area (Å²) in [5, 5.41) is 12.2. The van der Waals surface area contributed by atoms with E-state index in [1.54, 1.807) is 0 Å². The summed E-state index contributed by atoms with van der Waals surface area (Å²) in [5.41, 5.74) is 5.66. The highest BCUT2D eigenvalue weighted by atomic mass is 19.1. The number of anilines is 2. The quantitative estimate of drug-likeness (QED) is 0.739. The lowest BCUT2D eigenvalue weighted by Gasteiger charge is -2.22. The number of nitrogens with one attached hydrogen (secondary N) is 1. The fraction of sp³-hybridized carbons (Fsp3) is 0.533. The summed E-state index contributed by atoms with van der Waals surface area (Å²) in [6.07, 6.45) is 7.93. The van der Waals surface area contributed by atoms with E-state index in [2.05, 4.69) is 5.32 Å². The summed E-state index contributed by atoms with van der Waals surface area (Å²) in [6.45, 7) is 0. The third-order valence-electron chi connectivity index (χ3n) is 3.83. The van der Waals surface area contributed by atoms with Crippen molar-refractivity contribution in [1.29, 1.82) is 0 Å². The van der Waals surface area contributed by atoms with E-state index < -0.39 is 11.8 Å². The lowest BCUT2D eigenvalue weighted by atomic mass is 9.96. The zero-order valence-corrected chi connectivity index (χ0v) is 11.5. The van der Waals surface area contributed by atoms with Crippen molar-refractivity contribution in [1.82, 2.24) is 0 Å². The van der Waals surface area contributed by atoms with Gasteiger partial charge in [-0.2, -0.15) is 0 Å². The number of carbonyl (C=O) groups is 1. The van der Waals surface area contributed by atoms with Crippen LogP contribution < -0.4 is 11.1 Å². The summed E-state index contributed by atoms with van der Waals surface area (Å²) >= 11 is 0. The number of benzene rings is 1. The Morgan fingerprint density at radius 1 is 1.20 bits per heavy atom. The van der Waals surface area contributed by atoms with Crippen molar-refractivity contribution in [3.8, 4) is 0 Å². The first-order valence-corrected chi connectivity index (χ1v) is 7.17. The van der Waals surface area contributed by atoms with Gasteiger partial charge < -0.3 is 16.2 Å². The van der Waals surface area contributed by atoms with Crippen LogP contribution in [-0.2, 0) is 0 Å². The molecule has 2 rings (SSSR count). The standard InChI is InChI=1S/C15H21FN2O2/c16-12-9-13(17)11(15(19)20)8-14(12)18-10-6-4-2-1-3-5-7-10/h8-10,18H,1-7,17H2,(H,19,20). The average Bonchev–Trinajstić information content (AvgIpc) is 2.34. The topological polar surface area (TPSA) is 75.3 Å². The molecule has 0 unspecified atom stereocenters. The number of halogens is 1. The Morgan fingerprint density at radius 2 is 1.80 bits per heavy atom. The normalized spacial score (nSPS) is 17.2. The molecule has 4 nitrogen and oxygen atoms in total. The molecule has 0 aliphatic heterocycles. The molecule has 1 aliphatic rings. The zero-order valence-electron chi connectivity index (χ0n) is 11.5. The van der Waals surface area contributed by atoms with Crippen molar-refractivity contribution in [2.45, 2.75) is 51.0 Å². The molecule has 0 amide bonds. The van der Waals surface area contributed by atoms with Crippen LogP contribution in [0.1, 0.15) is 55.3 Å². The predicted octanol–water partition coefficient (Wildman–Crippen LogP) is 3.63. The molecule has 0 bridgehead atoms. The maximum Gasteiger partial charge on any atom is 0.337 e. The second-order valence-electron chi connectivity index (χ2n) is 5.41. The van der Waals surface area contributed by atoms with Crippen LogP contribution in [0, 0.1) is 5.82 Å². The first-order chi connectivity index (χ1) is 9.58. The van der Waals surface area contributed by atoms with E-state index in [1.807, 2.05) is 0 Å². The molecule has 0 radical (unpaired) electrons. The highest BCUT2D eigenvalue weighted by molar-refractivity contribution is 5.94. The first-order valence-electron chi connectivity index (χ1n) is 7.17. The first kappa shape index (κ1) is 14.6. The maximum absolute atomic E-state index is 13.9. The van der Waals surface area contributed by atoms with Crippen LogP contribution in [0.3, 0.4) is 0 Å². The maximum atomic E-state index is 13.9. The van der Waals surface area contributed by atoms with Crippen molar-refractivity contribution in [3.63, 3.8) is 0 Å². The van der Waals surface area contributed by atoms with Crippen molar-refractivity contribution in [3.05, 3.63) is 23.5 Å². The van der Waals surface area contributed by atoms with Gasteiger partial charge in [0, 0.05) is 11.7 Å². The minimum atomic E-state index is -1.14. The van der Waals surface area contributed by atoms with Crippen LogP contribution in [0.15, 0.2) is 12.1 Å². The largest absolute Gasteiger partial charge is 0.478 e. The highest BCUT2D eigenvalue weighted by Crippen LogP contribution is 2.26. The minimum absolute atomic E-state index is 0.0433. The molecule has 110 valence electrons. The number of hydrogen-bond donors (Lipinski definition) is 3. The molecular weight excluding hydrogens is 259 g/mol. The number of nitrogen functional groups attached to an aromatic ring is 1. The van der Waals surface area contributed by atoms with E-state index in [0.29, 0.717) is 0 Å². The van der Waals surface area contributed by atoms with Gasteiger partial charge in [0.1, 0.15) is 5.82 Å². The summed E-state index contributed by atoms with van der Waals surface area (Å²) in [7, 11) is 0. The van der Waals surface area contributed by atoms with Gasteiger partial charge in [-0.3, -0.25) is 0 Å². The molecule has 0 atom stereocenters. The Morgan fingerprint density at radius 3 is 2.40 bits per heavy atom. The molecule has 1 fully saturated rings. The monoisotopic (exact) mass is 280 g/mol. The lowest BCUT2D eigenvalue weighted by molar-refractivity contribution is 0.0698. The van der Waals surface area contributed by atoms with Crippen LogP contribution in [0.5, 0.6) is 0 Å². The predicted molar refractivity (Wildman–Crippen MR) is 77.5 cm³/mol. The third-order valence-corrected chi connectivity index (χ3v) is 3.83. The van der Waals surface area contributed by atoms with Gasteiger partial charge in [0.15, 0.2) is 0 Å². The molecule has 0 spiro atoms. The number of nitrogens with two attached hydrogens (primary N) is 1. The third kappa shape index (κ3) is 3.62. The average molecular weight is 280 g/mol. The molecule has 0 saturated heterocycles. The van der Waals surface area contributed by atoms with Gasteiger partial charge in [-0.1, -0.05) is 32.1 Å². The van der Waals surface area contributed by atoms with Crippen molar-refractivity contribution < 1.29 is 14.3 Å². The van der Waals surface area contributed by atoms with Crippen molar-refractivity contribution in [2.24, 2.45) is 0 Å². The Kier molecular flexibility index (Phi) is 4.82. The molecule has 1 aromatic rings. The molecule has 5 heteroatoms. The van der Waals surface area contributed by atoms with Gasteiger partial charge >= 0.3 is 5.97 Å². The summed E-state index contributed by atoms with van der Waals surface area (Å²) in [6, 6.07) is 2.58. The molecule has 0 aromatic heterocycles. The zero-order chi connectivity index (χ0) is 14.5. The van der Waals surface area contributed by atoms with E-state index in [-0.39, 0.29) is 23.0 Å². The SMILES string of the molecule is Nc1cc(F)c(NC2CCCCCCC2)cc1C(=O)O. The Bertz CT molecular complexity index is 483.